The molecule has 272 valence electrons. The van der Waals surface area contributed by atoms with Gasteiger partial charge in [-0.3, -0.25) is 0 Å². The summed E-state index contributed by atoms with van der Waals surface area (Å²) in [5, 5.41) is 6.73. The second-order valence-electron chi connectivity index (χ2n) is 17.8. The fraction of sp³-hybridized carbons (Fsp3) is 0.250. The zero-order valence-electron chi connectivity index (χ0n) is 31.9. The Labute approximate surface area is 327 Å². The number of benzene rings is 6. The Morgan fingerprint density at radius 3 is 1.73 bits per heavy atom. The van der Waals surface area contributed by atoms with Crippen LogP contribution in [0.5, 0.6) is 0 Å². The number of para-hydroxylation sites is 2. The molecule has 4 bridgehead atoms. The largest absolute Gasteiger partial charge is 0.455 e. The topological polar surface area (TPSA) is 51.8 Å². The smallest absolute Gasteiger partial charge is 0.167 e. The second kappa shape index (κ2) is 11.8. The molecule has 0 atom stereocenters. The Bertz CT molecular complexity index is 2970. The predicted molar refractivity (Wildman–Crippen MR) is 228 cm³/mol. The van der Waals surface area contributed by atoms with Crippen LogP contribution in [0.2, 0.25) is 0 Å². The zero-order valence-corrected chi connectivity index (χ0v) is 31.9. The van der Waals surface area contributed by atoms with E-state index < -0.39 is 0 Å². The lowest BCUT2D eigenvalue weighted by molar-refractivity contribution is -0.00938. The molecule has 0 N–H and O–H groups in total. The minimum absolute atomic E-state index is 0.0180. The molecule has 13 rings (SSSR count). The van der Waals surface area contributed by atoms with E-state index in [4.69, 9.17) is 19.4 Å². The van der Waals surface area contributed by atoms with Crippen LogP contribution in [-0.4, -0.2) is 15.0 Å². The summed E-state index contributed by atoms with van der Waals surface area (Å²) in [5.74, 6) is 4.72. The minimum Gasteiger partial charge on any atom is -0.455 e. The molecular weight excluding hydrogens is 683 g/mol. The maximum atomic E-state index is 7.22. The first-order valence-electron chi connectivity index (χ1n) is 20.5. The summed E-state index contributed by atoms with van der Waals surface area (Å²) in [4.78, 5) is 16.6. The molecule has 0 radical (unpaired) electrons. The highest BCUT2D eigenvalue weighted by Crippen LogP contribution is 2.60. The van der Waals surface area contributed by atoms with E-state index in [1.165, 1.54) is 71.6 Å². The lowest BCUT2D eigenvalue weighted by Crippen LogP contribution is -2.49. The summed E-state index contributed by atoms with van der Waals surface area (Å²) in [6.45, 7) is 4.69. The molecule has 0 saturated heterocycles. The van der Waals surface area contributed by atoms with Gasteiger partial charge in [-0.05, 0) is 118 Å². The van der Waals surface area contributed by atoms with Gasteiger partial charge in [-0.15, -0.1) is 0 Å². The van der Waals surface area contributed by atoms with Crippen molar-refractivity contribution >= 4 is 43.5 Å². The average Bonchev–Trinajstić information content (AvgIpc) is 3.48. The molecule has 4 saturated carbocycles. The quantitative estimate of drug-likeness (QED) is 0.182. The molecule has 6 aromatic carbocycles. The minimum atomic E-state index is -0.124. The number of hydrogen-bond donors (Lipinski definition) is 0. The lowest BCUT2D eigenvalue weighted by atomic mass is 9.49. The number of aromatic nitrogens is 3. The first kappa shape index (κ1) is 32.4. The normalized spacial score (nSPS) is 22.8. The van der Waals surface area contributed by atoms with Gasteiger partial charge in [-0.25, -0.2) is 15.0 Å². The Morgan fingerprint density at radius 2 is 1.02 bits per heavy atom. The molecule has 5 aliphatic rings. The zero-order chi connectivity index (χ0) is 37.2. The monoisotopic (exact) mass is 725 g/mol. The van der Waals surface area contributed by atoms with Gasteiger partial charge < -0.3 is 4.42 Å². The van der Waals surface area contributed by atoms with Gasteiger partial charge in [0.1, 0.15) is 17.0 Å². The Hall–Kier alpha value is -5.87. The first-order valence-corrected chi connectivity index (χ1v) is 20.5. The van der Waals surface area contributed by atoms with Crippen LogP contribution in [0.25, 0.3) is 77.4 Å². The van der Waals surface area contributed by atoms with Crippen molar-refractivity contribution in [1.29, 1.82) is 0 Å². The first-order chi connectivity index (χ1) is 27.4. The summed E-state index contributed by atoms with van der Waals surface area (Å²) in [6.07, 6.45) is 7.63. The van der Waals surface area contributed by atoms with Crippen molar-refractivity contribution < 1.29 is 4.42 Å². The molecule has 0 unspecified atom stereocenters. The van der Waals surface area contributed by atoms with E-state index in [2.05, 4.69) is 147 Å². The number of fused-ring (bicyclic) bond motifs is 10. The molecule has 4 nitrogen and oxygen atoms in total. The highest BCUT2D eigenvalue weighted by molar-refractivity contribution is 6.19. The molecule has 0 aliphatic heterocycles. The van der Waals surface area contributed by atoms with Crippen molar-refractivity contribution in [3.63, 3.8) is 0 Å². The highest BCUT2D eigenvalue weighted by Gasteiger charge is 2.53. The van der Waals surface area contributed by atoms with Crippen LogP contribution in [0.15, 0.2) is 138 Å². The molecule has 4 heteroatoms. The molecule has 4 fully saturated rings. The molecule has 8 aromatic rings. The van der Waals surface area contributed by atoms with Gasteiger partial charge in [0.2, 0.25) is 0 Å². The fourth-order valence-electron chi connectivity index (χ4n) is 11.9. The molecule has 2 aromatic heterocycles. The van der Waals surface area contributed by atoms with Gasteiger partial charge in [0.05, 0.1) is 5.56 Å². The Morgan fingerprint density at radius 1 is 0.482 bits per heavy atom. The van der Waals surface area contributed by atoms with Crippen LogP contribution in [0.4, 0.5) is 0 Å². The summed E-state index contributed by atoms with van der Waals surface area (Å²) in [7, 11) is 0. The second-order valence-corrected chi connectivity index (χ2v) is 17.8. The van der Waals surface area contributed by atoms with E-state index in [1.807, 2.05) is 0 Å². The van der Waals surface area contributed by atoms with Crippen molar-refractivity contribution in [1.82, 2.24) is 15.0 Å². The summed E-state index contributed by atoms with van der Waals surface area (Å²) >= 11 is 0. The standard InChI is InChI=1S/C52H43N3O/c1-51(2)44-20-9-7-16-39(44)40-23-22-34(27-45(40)51)48-53-49(55-50(54-48)52-28-31-24-32(29-52)26-33(25-31)30-52)43-19-11-18-42-38-15-6-4-13-36(38)35-12-3-5-14-37(35)41-17-8-10-21-46(41)56-47(42)43/h3-23,27,31-33H,24-26,28-30H2,1-2H3/t31-,32-,33?,52?/m1/s1. The van der Waals surface area contributed by atoms with E-state index >= 15 is 0 Å². The number of hydrogen-bond acceptors (Lipinski definition) is 4. The predicted octanol–water partition coefficient (Wildman–Crippen LogP) is 13.3. The van der Waals surface area contributed by atoms with Crippen molar-refractivity contribution in [2.75, 3.05) is 0 Å². The van der Waals surface area contributed by atoms with E-state index in [1.54, 1.807) is 0 Å². The summed E-state index contributed by atoms with van der Waals surface area (Å²) < 4.78 is 7.22. The van der Waals surface area contributed by atoms with Crippen LogP contribution in [0.3, 0.4) is 0 Å². The molecule has 2 heterocycles. The van der Waals surface area contributed by atoms with Crippen molar-refractivity contribution in [2.45, 2.75) is 63.2 Å². The van der Waals surface area contributed by atoms with Gasteiger partial charge in [-0.1, -0.05) is 129 Å². The molecule has 0 amide bonds. The van der Waals surface area contributed by atoms with Crippen molar-refractivity contribution in [2.24, 2.45) is 17.8 Å². The van der Waals surface area contributed by atoms with Crippen molar-refractivity contribution in [3.05, 3.63) is 150 Å². The maximum Gasteiger partial charge on any atom is 0.167 e. The SMILES string of the molecule is CC1(C)c2ccccc2-c2ccc(-c3nc(-c4cccc5c4oc4ccccc4c4ccccc4c4ccccc54)nc(C45CC6C[C@H](C4)C[C@H](C6)C5)n3)cc21. The van der Waals surface area contributed by atoms with Crippen LogP contribution in [0, 0.1) is 17.8 Å². The average molecular weight is 726 g/mol. The third-order valence-corrected chi connectivity index (χ3v) is 14.1. The number of rotatable bonds is 3. The Kier molecular flexibility index (Phi) is 6.83. The van der Waals surface area contributed by atoms with E-state index in [-0.39, 0.29) is 10.8 Å². The van der Waals surface area contributed by atoms with Gasteiger partial charge >= 0.3 is 0 Å². The molecule has 5 aliphatic carbocycles. The van der Waals surface area contributed by atoms with Crippen molar-refractivity contribution in [3.8, 4) is 33.9 Å². The summed E-state index contributed by atoms with van der Waals surface area (Å²) in [6, 6.07) is 48.1. The van der Waals surface area contributed by atoms with E-state index in [9.17, 15) is 0 Å². The molecular formula is C52H43N3O. The van der Waals surface area contributed by atoms with Gasteiger partial charge in [0, 0.05) is 27.2 Å². The number of nitrogens with zero attached hydrogens (tertiary/aromatic N) is 3. The molecule has 56 heavy (non-hydrogen) atoms. The third kappa shape index (κ3) is 4.74. The van der Waals surface area contributed by atoms with Gasteiger partial charge in [0.15, 0.2) is 11.6 Å². The van der Waals surface area contributed by atoms with Gasteiger partial charge in [0.25, 0.3) is 0 Å². The Balaban J connectivity index is 1.16. The maximum absolute atomic E-state index is 7.22. The molecule has 0 spiro atoms. The van der Waals surface area contributed by atoms with E-state index in [0.717, 1.165) is 73.2 Å². The van der Waals surface area contributed by atoms with Crippen LogP contribution in [-0.2, 0) is 10.8 Å². The van der Waals surface area contributed by atoms with Crippen LogP contribution in [0.1, 0.15) is 69.3 Å². The highest BCUT2D eigenvalue weighted by atomic mass is 16.3. The fourth-order valence-corrected chi connectivity index (χ4v) is 11.9. The lowest BCUT2D eigenvalue weighted by Gasteiger charge is -2.56. The van der Waals surface area contributed by atoms with E-state index in [0.29, 0.717) is 5.82 Å². The summed E-state index contributed by atoms with van der Waals surface area (Å²) in [5.41, 5.74) is 8.71. The van der Waals surface area contributed by atoms with Crippen LogP contribution < -0.4 is 0 Å². The van der Waals surface area contributed by atoms with Crippen LogP contribution >= 0.6 is 0 Å². The third-order valence-electron chi connectivity index (χ3n) is 14.1. The van der Waals surface area contributed by atoms with Gasteiger partial charge in [-0.2, -0.15) is 0 Å².